The van der Waals surface area contributed by atoms with Crippen LogP contribution in [-0.2, 0) is 14.3 Å². The van der Waals surface area contributed by atoms with E-state index in [0.717, 1.165) is 0 Å². The van der Waals surface area contributed by atoms with Crippen LogP contribution in [0.2, 0.25) is 0 Å². The molecule has 0 spiro atoms. The molecule has 3 atom stereocenters. The molecule has 1 saturated heterocycles. The van der Waals surface area contributed by atoms with Gasteiger partial charge in [-0.25, -0.2) is 4.79 Å². The summed E-state index contributed by atoms with van der Waals surface area (Å²) in [6, 6.07) is -0.301. The Balaban J connectivity index is 2.43. The van der Waals surface area contributed by atoms with Gasteiger partial charge in [0.1, 0.15) is 6.10 Å². The van der Waals surface area contributed by atoms with Gasteiger partial charge in [0, 0.05) is 0 Å². The molecule has 6 nitrogen and oxygen atoms in total. The van der Waals surface area contributed by atoms with Crippen LogP contribution in [-0.4, -0.2) is 46.9 Å². The van der Waals surface area contributed by atoms with Crippen LogP contribution in [0.25, 0.3) is 0 Å². The third-order valence-electron chi connectivity index (χ3n) is 2.91. The molecule has 0 aromatic carbocycles. The molecule has 1 aliphatic rings. The lowest BCUT2D eigenvalue weighted by molar-refractivity contribution is -0.152. The minimum atomic E-state index is -1.04. The minimum absolute atomic E-state index is 0.126. The molecule has 0 aliphatic carbocycles. The van der Waals surface area contributed by atoms with E-state index < -0.39 is 18.2 Å². The number of nitrogens with one attached hydrogen (secondary N) is 1. The molecule has 1 unspecified atom stereocenters. The Morgan fingerprint density at radius 3 is 2.39 bits per heavy atom. The van der Waals surface area contributed by atoms with Gasteiger partial charge in [0.15, 0.2) is 6.10 Å². The van der Waals surface area contributed by atoms with Gasteiger partial charge in [-0.15, -0.1) is 0 Å². The Labute approximate surface area is 106 Å². The minimum Gasteiger partial charge on any atom is -0.479 e. The molecule has 0 aromatic rings. The average Bonchev–Trinajstić information content (AvgIpc) is 2.76. The highest BCUT2D eigenvalue weighted by Crippen LogP contribution is 2.20. The molecule has 1 fully saturated rings. The second kappa shape index (κ2) is 6.70. The lowest BCUT2D eigenvalue weighted by atomic mass is 10.0. The molecule has 1 aliphatic heterocycles. The van der Waals surface area contributed by atoms with Gasteiger partial charge in [0.25, 0.3) is 0 Å². The van der Waals surface area contributed by atoms with Crippen molar-refractivity contribution in [2.24, 2.45) is 5.92 Å². The number of ether oxygens (including phenoxy) is 1. The second-order valence-corrected chi connectivity index (χ2v) is 5.05. The number of amides is 1. The zero-order valence-electron chi connectivity index (χ0n) is 10.8. The molecule has 3 N–H and O–H groups in total. The van der Waals surface area contributed by atoms with Crippen LogP contribution in [0.3, 0.4) is 0 Å². The maximum atomic E-state index is 11.8. The van der Waals surface area contributed by atoms with Gasteiger partial charge in [-0.05, 0) is 25.2 Å². The van der Waals surface area contributed by atoms with Crippen molar-refractivity contribution in [3.05, 3.63) is 0 Å². The number of carbonyl (C=O) groups is 2. The molecule has 0 radical (unpaired) electrons. The van der Waals surface area contributed by atoms with Gasteiger partial charge < -0.3 is 20.3 Å². The molecule has 1 rings (SSSR count). The molecular weight excluding hydrogens is 238 g/mol. The fourth-order valence-corrected chi connectivity index (χ4v) is 2.05. The molecular formula is C12H21NO5. The Morgan fingerprint density at radius 2 is 1.94 bits per heavy atom. The highest BCUT2D eigenvalue weighted by molar-refractivity contribution is 5.82. The first-order chi connectivity index (χ1) is 8.43. The normalized spacial score (nSPS) is 25.1. The van der Waals surface area contributed by atoms with E-state index in [2.05, 4.69) is 5.32 Å². The summed E-state index contributed by atoms with van der Waals surface area (Å²) < 4.78 is 5.14. The Hall–Kier alpha value is -1.14. The van der Waals surface area contributed by atoms with Crippen LogP contribution in [0.4, 0.5) is 0 Å². The summed E-state index contributed by atoms with van der Waals surface area (Å²) in [7, 11) is 0. The van der Waals surface area contributed by atoms with Crippen molar-refractivity contribution in [2.45, 2.75) is 51.4 Å². The van der Waals surface area contributed by atoms with E-state index in [-0.39, 0.29) is 18.6 Å². The molecule has 1 heterocycles. The van der Waals surface area contributed by atoms with Gasteiger partial charge in [-0.1, -0.05) is 13.8 Å². The summed E-state index contributed by atoms with van der Waals surface area (Å²) in [5.41, 5.74) is 0. The maximum absolute atomic E-state index is 11.8. The van der Waals surface area contributed by atoms with E-state index in [4.69, 9.17) is 14.9 Å². The SMILES string of the molecule is CC(C)CC(CO)NC(=O)[C@@H]1CC[C@H](C(=O)O)O1. The summed E-state index contributed by atoms with van der Waals surface area (Å²) in [5.74, 6) is -1.01. The Morgan fingerprint density at radius 1 is 1.33 bits per heavy atom. The summed E-state index contributed by atoms with van der Waals surface area (Å²) in [5, 5.41) is 20.6. The van der Waals surface area contributed by atoms with E-state index in [1.54, 1.807) is 0 Å². The van der Waals surface area contributed by atoms with Gasteiger partial charge in [-0.3, -0.25) is 4.79 Å². The molecule has 0 saturated carbocycles. The first kappa shape index (κ1) is 14.9. The number of hydrogen-bond donors (Lipinski definition) is 3. The van der Waals surface area contributed by atoms with Crippen LogP contribution in [0.15, 0.2) is 0 Å². The van der Waals surface area contributed by atoms with Crippen molar-refractivity contribution in [1.82, 2.24) is 5.32 Å². The second-order valence-electron chi connectivity index (χ2n) is 5.05. The summed E-state index contributed by atoms with van der Waals surface area (Å²) >= 11 is 0. The highest BCUT2D eigenvalue weighted by atomic mass is 16.5. The molecule has 6 heteroatoms. The monoisotopic (exact) mass is 259 g/mol. The van der Waals surface area contributed by atoms with Crippen molar-refractivity contribution >= 4 is 11.9 Å². The number of rotatable bonds is 6. The van der Waals surface area contributed by atoms with Gasteiger partial charge >= 0.3 is 5.97 Å². The van der Waals surface area contributed by atoms with Gasteiger partial charge in [-0.2, -0.15) is 0 Å². The fraction of sp³-hybridized carbons (Fsp3) is 0.833. The lowest BCUT2D eigenvalue weighted by Gasteiger charge is -2.20. The lowest BCUT2D eigenvalue weighted by Crippen LogP contribution is -2.44. The van der Waals surface area contributed by atoms with Crippen molar-refractivity contribution in [2.75, 3.05) is 6.61 Å². The van der Waals surface area contributed by atoms with Crippen LogP contribution in [0.1, 0.15) is 33.1 Å². The summed E-state index contributed by atoms with van der Waals surface area (Å²) in [6.07, 6.45) is -0.174. The third-order valence-corrected chi connectivity index (χ3v) is 2.91. The van der Waals surface area contributed by atoms with E-state index in [0.29, 0.717) is 25.2 Å². The number of carboxylic acids is 1. The number of aliphatic carboxylic acids is 1. The average molecular weight is 259 g/mol. The number of aliphatic hydroxyl groups is 1. The van der Waals surface area contributed by atoms with Crippen LogP contribution < -0.4 is 5.32 Å². The first-order valence-electron chi connectivity index (χ1n) is 6.23. The molecule has 1 amide bonds. The standard InChI is InChI=1S/C12H21NO5/c1-7(2)5-8(6-14)13-11(15)9-3-4-10(18-9)12(16)17/h7-10,14H,3-6H2,1-2H3,(H,13,15)(H,16,17)/t8?,9-,10+/m0/s1. The number of carbonyl (C=O) groups excluding carboxylic acids is 1. The van der Waals surface area contributed by atoms with Gasteiger partial charge in [0.2, 0.25) is 5.91 Å². The molecule has 0 aromatic heterocycles. The topological polar surface area (TPSA) is 95.9 Å². The quantitative estimate of drug-likeness (QED) is 0.630. The van der Waals surface area contributed by atoms with E-state index in [9.17, 15) is 9.59 Å². The number of hydrogen-bond acceptors (Lipinski definition) is 4. The van der Waals surface area contributed by atoms with Gasteiger partial charge in [0.05, 0.1) is 12.6 Å². The largest absolute Gasteiger partial charge is 0.479 e. The maximum Gasteiger partial charge on any atom is 0.332 e. The number of carboxylic acid groups (broad SMARTS) is 1. The van der Waals surface area contributed by atoms with E-state index in [1.807, 2.05) is 13.8 Å². The third kappa shape index (κ3) is 4.27. The predicted molar refractivity (Wildman–Crippen MR) is 64.0 cm³/mol. The predicted octanol–water partition coefficient (Wildman–Crippen LogP) is 0.142. The molecule has 104 valence electrons. The molecule has 0 bridgehead atoms. The van der Waals surface area contributed by atoms with Crippen molar-refractivity contribution < 1.29 is 24.5 Å². The smallest absolute Gasteiger partial charge is 0.332 e. The van der Waals surface area contributed by atoms with Crippen LogP contribution in [0, 0.1) is 5.92 Å². The van der Waals surface area contributed by atoms with E-state index in [1.165, 1.54) is 0 Å². The zero-order chi connectivity index (χ0) is 13.7. The Kier molecular flexibility index (Phi) is 5.55. The summed E-state index contributed by atoms with van der Waals surface area (Å²) in [6.45, 7) is 3.88. The highest BCUT2D eigenvalue weighted by Gasteiger charge is 2.35. The number of aliphatic hydroxyl groups excluding tert-OH is 1. The Bertz CT molecular complexity index is 305. The van der Waals surface area contributed by atoms with Crippen LogP contribution in [0.5, 0.6) is 0 Å². The first-order valence-corrected chi connectivity index (χ1v) is 6.23. The fourth-order valence-electron chi connectivity index (χ4n) is 2.05. The van der Waals surface area contributed by atoms with Crippen molar-refractivity contribution in [3.8, 4) is 0 Å². The van der Waals surface area contributed by atoms with E-state index >= 15 is 0 Å². The molecule has 18 heavy (non-hydrogen) atoms. The van der Waals surface area contributed by atoms with Crippen LogP contribution >= 0.6 is 0 Å². The zero-order valence-corrected chi connectivity index (χ0v) is 10.8. The summed E-state index contributed by atoms with van der Waals surface area (Å²) in [4.78, 5) is 22.5. The van der Waals surface area contributed by atoms with Crippen molar-refractivity contribution in [3.63, 3.8) is 0 Å². The van der Waals surface area contributed by atoms with Crippen molar-refractivity contribution in [1.29, 1.82) is 0 Å².